The van der Waals surface area contributed by atoms with Crippen LogP contribution in [-0.2, 0) is 17.0 Å². The lowest BCUT2D eigenvalue weighted by Gasteiger charge is -2.16. The molecule has 1 atom stereocenters. The predicted octanol–water partition coefficient (Wildman–Crippen LogP) is 4.70. The number of carboxylic acid groups (broad SMARTS) is 1. The molecule has 0 spiro atoms. The van der Waals surface area contributed by atoms with Crippen LogP contribution in [0.25, 0.3) is 0 Å². The minimum absolute atomic E-state index is 0.410. The summed E-state index contributed by atoms with van der Waals surface area (Å²) in [6, 6.07) is 8.10. The number of benzene rings is 1. The fraction of sp³-hybridized carbons (Fsp3) is 0.333. The number of thioether (sulfide) groups is 1. The van der Waals surface area contributed by atoms with Gasteiger partial charge in [-0.2, -0.15) is 0 Å². The zero-order valence-electron chi connectivity index (χ0n) is 11.2. The molecule has 21 heavy (non-hydrogen) atoms. The summed E-state index contributed by atoms with van der Waals surface area (Å²) in [5.41, 5.74) is 0.807. The number of thiazole rings is 1. The summed E-state index contributed by atoms with van der Waals surface area (Å²) >= 11 is 6.94. The Morgan fingerprint density at radius 1 is 1.48 bits per heavy atom. The van der Waals surface area contributed by atoms with E-state index in [1.165, 1.54) is 4.90 Å². The van der Waals surface area contributed by atoms with Gasteiger partial charge in [-0.1, -0.05) is 12.1 Å². The third-order valence-electron chi connectivity index (χ3n) is 3.48. The Hall–Kier alpha value is -0.850. The zero-order chi connectivity index (χ0) is 14.8. The van der Waals surface area contributed by atoms with E-state index in [0.29, 0.717) is 6.42 Å². The average molecular weight is 384 g/mol. The summed E-state index contributed by atoms with van der Waals surface area (Å²) < 4.78 is 1.08. The SMILES string of the molecule is O=C(O)C1CCCc2sc(CSc3ccccc3Br)nc21. The van der Waals surface area contributed by atoms with Crippen LogP contribution in [0.3, 0.4) is 0 Å². The third kappa shape index (κ3) is 3.33. The van der Waals surface area contributed by atoms with E-state index in [0.717, 1.165) is 38.6 Å². The monoisotopic (exact) mass is 383 g/mol. The maximum Gasteiger partial charge on any atom is 0.312 e. The molecule has 1 aromatic carbocycles. The second-order valence-corrected chi connectivity index (χ2v) is 7.96. The van der Waals surface area contributed by atoms with Crippen molar-refractivity contribution in [1.29, 1.82) is 0 Å². The van der Waals surface area contributed by atoms with Crippen molar-refractivity contribution >= 4 is 45.0 Å². The molecule has 0 radical (unpaired) electrons. The van der Waals surface area contributed by atoms with Gasteiger partial charge in [0.05, 0.1) is 17.4 Å². The molecule has 6 heteroatoms. The van der Waals surface area contributed by atoms with Crippen molar-refractivity contribution in [3.05, 3.63) is 44.3 Å². The first-order valence-electron chi connectivity index (χ1n) is 6.74. The van der Waals surface area contributed by atoms with E-state index in [2.05, 4.69) is 27.0 Å². The van der Waals surface area contributed by atoms with Gasteiger partial charge < -0.3 is 5.11 Å². The molecule has 0 amide bonds. The topological polar surface area (TPSA) is 50.2 Å². The van der Waals surface area contributed by atoms with Crippen LogP contribution in [-0.4, -0.2) is 16.1 Å². The molecule has 1 aliphatic carbocycles. The van der Waals surface area contributed by atoms with E-state index in [1.807, 2.05) is 18.2 Å². The van der Waals surface area contributed by atoms with Crippen molar-refractivity contribution in [3.63, 3.8) is 0 Å². The number of nitrogens with zero attached hydrogens (tertiary/aromatic N) is 1. The molecular formula is C15H14BrNO2S2. The van der Waals surface area contributed by atoms with Crippen LogP contribution in [0.15, 0.2) is 33.6 Å². The van der Waals surface area contributed by atoms with Crippen LogP contribution in [0.4, 0.5) is 0 Å². The van der Waals surface area contributed by atoms with Crippen molar-refractivity contribution in [2.24, 2.45) is 0 Å². The molecule has 1 unspecified atom stereocenters. The number of halogens is 1. The first-order chi connectivity index (χ1) is 10.1. The maximum atomic E-state index is 11.3. The van der Waals surface area contributed by atoms with Crippen LogP contribution in [0.2, 0.25) is 0 Å². The van der Waals surface area contributed by atoms with Crippen LogP contribution < -0.4 is 0 Å². The van der Waals surface area contributed by atoms with Crippen molar-refractivity contribution in [2.45, 2.75) is 35.8 Å². The molecule has 0 aliphatic heterocycles. The Morgan fingerprint density at radius 3 is 3.05 bits per heavy atom. The number of aromatic nitrogens is 1. The summed E-state index contributed by atoms with van der Waals surface area (Å²) in [4.78, 5) is 18.2. The third-order valence-corrected chi connectivity index (χ3v) is 6.84. The molecule has 0 saturated carbocycles. The van der Waals surface area contributed by atoms with Crippen molar-refractivity contribution in [1.82, 2.24) is 4.98 Å². The first-order valence-corrected chi connectivity index (χ1v) is 9.33. The molecule has 0 saturated heterocycles. The number of rotatable bonds is 4. The summed E-state index contributed by atoms with van der Waals surface area (Å²) in [7, 11) is 0. The summed E-state index contributed by atoms with van der Waals surface area (Å²) in [5, 5.41) is 10.3. The van der Waals surface area contributed by atoms with Gasteiger partial charge in [0.2, 0.25) is 0 Å². The van der Waals surface area contributed by atoms with Crippen LogP contribution in [0.1, 0.15) is 34.3 Å². The molecule has 3 nitrogen and oxygen atoms in total. The number of aliphatic carboxylic acids is 1. The Kier molecular flexibility index (Phi) is 4.66. The Balaban J connectivity index is 1.76. The molecule has 3 rings (SSSR count). The highest BCUT2D eigenvalue weighted by Crippen LogP contribution is 2.37. The molecule has 110 valence electrons. The highest BCUT2D eigenvalue weighted by atomic mass is 79.9. The highest BCUT2D eigenvalue weighted by Gasteiger charge is 2.29. The van der Waals surface area contributed by atoms with Crippen LogP contribution >= 0.6 is 39.0 Å². The minimum Gasteiger partial charge on any atom is -0.481 e. The van der Waals surface area contributed by atoms with Gasteiger partial charge in [-0.15, -0.1) is 23.1 Å². The molecular weight excluding hydrogens is 370 g/mol. The number of hydrogen-bond donors (Lipinski definition) is 1. The van der Waals surface area contributed by atoms with E-state index in [-0.39, 0.29) is 0 Å². The zero-order valence-corrected chi connectivity index (χ0v) is 14.4. The average Bonchev–Trinajstić information content (AvgIpc) is 2.88. The van der Waals surface area contributed by atoms with Gasteiger partial charge in [0.25, 0.3) is 0 Å². The first kappa shape index (κ1) is 15.1. The lowest BCUT2D eigenvalue weighted by atomic mass is 9.91. The summed E-state index contributed by atoms with van der Waals surface area (Å²) in [6.07, 6.45) is 2.63. The Morgan fingerprint density at radius 2 is 2.29 bits per heavy atom. The number of hydrogen-bond acceptors (Lipinski definition) is 4. The summed E-state index contributed by atoms with van der Waals surface area (Å²) in [5.74, 6) is -0.370. The van der Waals surface area contributed by atoms with Gasteiger partial charge in [-0.05, 0) is 47.3 Å². The van der Waals surface area contributed by atoms with Gasteiger partial charge in [0.15, 0.2) is 0 Å². The van der Waals surface area contributed by atoms with Crippen molar-refractivity contribution in [3.8, 4) is 0 Å². The van der Waals surface area contributed by atoms with Crippen molar-refractivity contribution < 1.29 is 9.90 Å². The number of fused-ring (bicyclic) bond motifs is 1. The fourth-order valence-electron chi connectivity index (χ4n) is 2.47. The van der Waals surface area contributed by atoms with E-state index in [1.54, 1.807) is 23.1 Å². The lowest BCUT2D eigenvalue weighted by molar-refractivity contribution is -0.139. The lowest BCUT2D eigenvalue weighted by Crippen LogP contribution is -2.17. The highest BCUT2D eigenvalue weighted by molar-refractivity contribution is 9.10. The molecule has 0 fully saturated rings. The second kappa shape index (κ2) is 6.50. The van der Waals surface area contributed by atoms with Gasteiger partial charge in [-0.3, -0.25) is 4.79 Å². The van der Waals surface area contributed by atoms with Crippen LogP contribution in [0, 0.1) is 0 Å². The Bertz CT molecular complexity index is 671. The normalized spacial score (nSPS) is 17.5. The van der Waals surface area contributed by atoms with E-state index in [4.69, 9.17) is 0 Å². The molecule has 1 aliphatic rings. The fourth-order valence-corrected chi connectivity index (χ4v) is 5.20. The minimum atomic E-state index is -0.744. The molecule has 2 aromatic rings. The Labute approximate surface area is 139 Å². The summed E-state index contributed by atoms with van der Waals surface area (Å²) in [6.45, 7) is 0. The largest absolute Gasteiger partial charge is 0.481 e. The van der Waals surface area contributed by atoms with Gasteiger partial charge in [0.1, 0.15) is 5.01 Å². The molecule has 1 aromatic heterocycles. The maximum absolute atomic E-state index is 11.3. The second-order valence-electron chi connectivity index (χ2n) is 4.92. The van der Waals surface area contributed by atoms with E-state index < -0.39 is 11.9 Å². The van der Waals surface area contributed by atoms with Gasteiger partial charge in [0, 0.05) is 14.2 Å². The smallest absolute Gasteiger partial charge is 0.312 e. The van der Waals surface area contributed by atoms with E-state index >= 15 is 0 Å². The molecule has 1 N–H and O–H groups in total. The predicted molar refractivity (Wildman–Crippen MR) is 89.1 cm³/mol. The van der Waals surface area contributed by atoms with E-state index in [9.17, 15) is 9.90 Å². The number of carboxylic acids is 1. The molecule has 1 heterocycles. The van der Waals surface area contributed by atoms with Gasteiger partial charge >= 0.3 is 5.97 Å². The van der Waals surface area contributed by atoms with Crippen LogP contribution in [0.5, 0.6) is 0 Å². The van der Waals surface area contributed by atoms with Crippen molar-refractivity contribution in [2.75, 3.05) is 0 Å². The molecule has 0 bridgehead atoms. The van der Waals surface area contributed by atoms with Gasteiger partial charge in [-0.25, -0.2) is 4.98 Å². The quantitative estimate of drug-likeness (QED) is 0.777. The number of aryl methyl sites for hydroxylation is 1. The standard InChI is InChI=1S/C15H14BrNO2S2/c16-10-5-1-2-6-11(10)20-8-13-17-14-9(15(18)19)4-3-7-12(14)21-13/h1-2,5-6,9H,3-4,7-8H2,(H,18,19). The number of carbonyl (C=O) groups is 1.